The smallest absolute Gasteiger partial charge is 0.251 e. The lowest BCUT2D eigenvalue weighted by Gasteiger charge is -2.32. The van der Waals surface area contributed by atoms with Crippen molar-refractivity contribution in [2.75, 3.05) is 26.2 Å². The predicted octanol–water partition coefficient (Wildman–Crippen LogP) is 3.86. The molecule has 2 N–H and O–H groups in total. The van der Waals surface area contributed by atoms with Crippen LogP contribution >= 0.6 is 23.2 Å². The van der Waals surface area contributed by atoms with Crippen molar-refractivity contribution in [1.29, 1.82) is 0 Å². The van der Waals surface area contributed by atoms with Crippen LogP contribution in [0.4, 0.5) is 0 Å². The third kappa shape index (κ3) is 4.10. The van der Waals surface area contributed by atoms with Gasteiger partial charge in [-0.25, -0.2) is 0 Å². The molecule has 3 heterocycles. The van der Waals surface area contributed by atoms with Crippen LogP contribution in [0.3, 0.4) is 0 Å². The van der Waals surface area contributed by atoms with E-state index in [0.717, 1.165) is 25.9 Å². The molecular weight excluding hydrogens is 447 g/mol. The molecule has 1 atom stereocenters. The molecule has 0 aliphatic carbocycles. The summed E-state index contributed by atoms with van der Waals surface area (Å²) >= 11 is 11.9. The molecule has 2 aliphatic heterocycles. The number of carbonyl (C=O) groups excluding carboxylic acids is 2. The van der Waals surface area contributed by atoms with Gasteiger partial charge in [0.05, 0.1) is 16.6 Å². The molecule has 1 unspecified atom stereocenters. The van der Waals surface area contributed by atoms with Crippen LogP contribution < -0.4 is 5.32 Å². The van der Waals surface area contributed by atoms with Crippen molar-refractivity contribution in [2.45, 2.75) is 25.4 Å². The lowest BCUT2D eigenvalue weighted by Crippen LogP contribution is -2.43. The molecule has 3 aromatic rings. The molecule has 2 aromatic carbocycles. The molecule has 2 amide bonds. The number of para-hydroxylation sites is 1. The molecule has 1 fully saturated rings. The zero-order valence-electron chi connectivity index (χ0n) is 17.5. The van der Waals surface area contributed by atoms with Gasteiger partial charge in [0.25, 0.3) is 5.91 Å². The first-order valence-electron chi connectivity index (χ1n) is 10.8. The summed E-state index contributed by atoms with van der Waals surface area (Å²) in [6.45, 7) is 3.25. The molecule has 2 aliphatic rings. The summed E-state index contributed by atoms with van der Waals surface area (Å²) in [4.78, 5) is 32.9. The van der Waals surface area contributed by atoms with Gasteiger partial charge >= 0.3 is 0 Å². The van der Waals surface area contributed by atoms with Gasteiger partial charge in [-0.2, -0.15) is 0 Å². The Hall–Kier alpha value is -2.54. The van der Waals surface area contributed by atoms with Crippen LogP contribution in [0.5, 0.6) is 0 Å². The maximum atomic E-state index is 12.7. The minimum atomic E-state index is -0.338. The number of hydrogen-bond donors (Lipinski definition) is 2. The minimum absolute atomic E-state index is 0.0298. The Kier molecular flexibility index (Phi) is 5.84. The van der Waals surface area contributed by atoms with Crippen LogP contribution in [0.25, 0.3) is 10.9 Å². The fraction of sp³-hybridized carbons (Fsp3) is 0.333. The number of nitrogens with zero attached hydrogens (tertiary/aromatic N) is 2. The first-order valence-corrected chi connectivity index (χ1v) is 11.6. The van der Waals surface area contributed by atoms with Crippen molar-refractivity contribution in [2.24, 2.45) is 0 Å². The highest BCUT2D eigenvalue weighted by molar-refractivity contribution is 6.42. The van der Waals surface area contributed by atoms with Gasteiger partial charge in [-0.1, -0.05) is 41.4 Å². The molecule has 0 saturated carbocycles. The number of hydrogen-bond acceptors (Lipinski definition) is 3. The van der Waals surface area contributed by atoms with Crippen molar-refractivity contribution in [1.82, 2.24) is 20.1 Å². The highest BCUT2D eigenvalue weighted by atomic mass is 35.5. The van der Waals surface area contributed by atoms with Crippen molar-refractivity contribution in [3.05, 3.63) is 69.3 Å². The Bertz CT molecular complexity index is 1190. The zero-order chi connectivity index (χ0) is 22.2. The first-order chi connectivity index (χ1) is 15.5. The number of amides is 2. The maximum Gasteiger partial charge on any atom is 0.251 e. The highest BCUT2D eigenvalue weighted by Crippen LogP contribution is 2.30. The second-order valence-electron chi connectivity index (χ2n) is 8.44. The standard InChI is InChI=1S/C24H24Cl2N4O2/c25-19-6-5-15(11-20(19)26)24(32)27-12-23(31)30-9-7-16(13-30)29-10-8-18-17-3-1-2-4-21(17)28-22(18)14-29/h1-6,11,16,28H,7-10,12-14H2,(H,27,32). The van der Waals surface area contributed by atoms with Crippen LogP contribution in [0, 0.1) is 0 Å². The second-order valence-corrected chi connectivity index (χ2v) is 9.26. The summed E-state index contributed by atoms with van der Waals surface area (Å²) in [6.07, 6.45) is 1.96. The van der Waals surface area contributed by atoms with E-state index in [0.29, 0.717) is 34.7 Å². The predicted molar refractivity (Wildman–Crippen MR) is 126 cm³/mol. The zero-order valence-corrected chi connectivity index (χ0v) is 19.0. The van der Waals surface area contributed by atoms with E-state index in [1.165, 1.54) is 28.2 Å². The number of nitrogens with one attached hydrogen (secondary N) is 2. The average Bonchev–Trinajstić information content (AvgIpc) is 3.43. The highest BCUT2D eigenvalue weighted by Gasteiger charge is 2.33. The fourth-order valence-electron chi connectivity index (χ4n) is 4.80. The first kappa shape index (κ1) is 21.3. The van der Waals surface area contributed by atoms with Crippen LogP contribution in [0.1, 0.15) is 28.0 Å². The summed E-state index contributed by atoms with van der Waals surface area (Å²) in [5.74, 6) is -0.403. The number of likely N-dealkylation sites (tertiary alicyclic amines) is 1. The van der Waals surface area contributed by atoms with Crippen molar-refractivity contribution < 1.29 is 9.59 Å². The van der Waals surface area contributed by atoms with E-state index in [9.17, 15) is 9.59 Å². The third-order valence-electron chi connectivity index (χ3n) is 6.53. The fourth-order valence-corrected chi connectivity index (χ4v) is 5.10. The largest absolute Gasteiger partial charge is 0.357 e. The number of carbonyl (C=O) groups is 2. The van der Waals surface area contributed by atoms with Gasteiger partial charge < -0.3 is 15.2 Å². The van der Waals surface area contributed by atoms with Gasteiger partial charge in [0.2, 0.25) is 5.91 Å². The van der Waals surface area contributed by atoms with E-state index in [-0.39, 0.29) is 18.4 Å². The van der Waals surface area contributed by atoms with Gasteiger partial charge in [-0.3, -0.25) is 14.5 Å². The van der Waals surface area contributed by atoms with Gasteiger partial charge in [0, 0.05) is 54.4 Å². The molecule has 6 nitrogen and oxygen atoms in total. The number of H-pyrrole nitrogens is 1. The van der Waals surface area contributed by atoms with Crippen LogP contribution in [0.2, 0.25) is 10.0 Å². The molecule has 0 spiro atoms. The Balaban J connectivity index is 1.16. The number of fused-ring (bicyclic) bond motifs is 3. The van der Waals surface area contributed by atoms with Crippen molar-refractivity contribution >= 4 is 45.9 Å². The van der Waals surface area contributed by atoms with E-state index >= 15 is 0 Å². The minimum Gasteiger partial charge on any atom is -0.357 e. The van der Waals surface area contributed by atoms with Crippen LogP contribution in [-0.4, -0.2) is 58.8 Å². The summed E-state index contributed by atoms with van der Waals surface area (Å²) in [5.41, 5.74) is 4.29. The molecule has 8 heteroatoms. The van der Waals surface area contributed by atoms with Gasteiger partial charge in [-0.05, 0) is 42.7 Å². The van der Waals surface area contributed by atoms with Crippen LogP contribution in [0.15, 0.2) is 42.5 Å². The lowest BCUT2D eigenvalue weighted by molar-refractivity contribution is -0.129. The van der Waals surface area contributed by atoms with Gasteiger partial charge in [-0.15, -0.1) is 0 Å². The molecule has 32 heavy (non-hydrogen) atoms. The summed E-state index contributed by atoms with van der Waals surface area (Å²) < 4.78 is 0. The molecule has 166 valence electrons. The average molecular weight is 471 g/mol. The summed E-state index contributed by atoms with van der Waals surface area (Å²) in [7, 11) is 0. The summed E-state index contributed by atoms with van der Waals surface area (Å²) in [6, 6.07) is 13.5. The van der Waals surface area contributed by atoms with Gasteiger partial charge in [0.1, 0.15) is 0 Å². The van der Waals surface area contributed by atoms with E-state index in [1.54, 1.807) is 12.1 Å². The van der Waals surface area contributed by atoms with E-state index < -0.39 is 0 Å². The van der Waals surface area contributed by atoms with E-state index in [2.05, 4.69) is 39.5 Å². The Morgan fingerprint density at radius 1 is 1.09 bits per heavy atom. The van der Waals surface area contributed by atoms with E-state index in [1.807, 2.05) is 4.90 Å². The molecule has 0 bridgehead atoms. The number of rotatable bonds is 4. The Morgan fingerprint density at radius 3 is 2.78 bits per heavy atom. The molecule has 5 rings (SSSR count). The number of aromatic amines is 1. The van der Waals surface area contributed by atoms with Crippen molar-refractivity contribution in [3.8, 4) is 0 Å². The number of benzene rings is 2. The maximum absolute atomic E-state index is 12.7. The lowest BCUT2D eigenvalue weighted by atomic mass is 10.0. The SMILES string of the molecule is O=C(NCC(=O)N1CCC(N2CCc3c([nH]c4ccccc34)C2)C1)c1ccc(Cl)c(Cl)c1. The van der Waals surface area contributed by atoms with Gasteiger partial charge in [0.15, 0.2) is 0 Å². The number of aromatic nitrogens is 1. The normalized spacial score (nSPS) is 18.7. The van der Waals surface area contributed by atoms with E-state index in [4.69, 9.17) is 23.2 Å². The monoisotopic (exact) mass is 470 g/mol. The van der Waals surface area contributed by atoms with Crippen molar-refractivity contribution in [3.63, 3.8) is 0 Å². The molecule has 0 radical (unpaired) electrons. The number of halogens is 2. The third-order valence-corrected chi connectivity index (χ3v) is 7.27. The summed E-state index contributed by atoms with van der Waals surface area (Å²) in [5, 5.41) is 4.72. The quantitative estimate of drug-likeness (QED) is 0.607. The Morgan fingerprint density at radius 2 is 1.94 bits per heavy atom. The second kappa shape index (κ2) is 8.77. The Labute approximate surface area is 196 Å². The topological polar surface area (TPSA) is 68.4 Å². The van der Waals surface area contributed by atoms with Crippen LogP contribution in [-0.2, 0) is 17.8 Å². The molecular formula is C24H24Cl2N4O2. The molecule has 1 aromatic heterocycles. The molecule has 1 saturated heterocycles.